The third-order valence-electron chi connectivity index (χ3n) is 2.70. The number of rotatable bonds is 4. The van der Waals surface area contributed by atoms with Crippen molar-refractivity contribution < 1.29 is 0 Å². The van der Waals surface area contributed by atoms with Crippen LogP contribution in [-0.2, 0) is 7.05 Å². The maximum atomic E-state index is 4.34. The molecule has 0 amide bonds. The second-order valence-corrected chi connectivity index (χ2v) is 4.95. The number of aryl methyl sites for hydroxylation is 1. The minimum atomic E-state index is 0.294. The van der Waals surface area contributed by atoms with E-state index in [1.54, 1.807) is 4.68 Å². The molecule has 2 rings (SSSR count). The lowest BCUT2D eigenvalue weighted by Gasteiger charge is -2.17. The van der Waals surface area contributed by atoms with E-state index in [2.05, 4.69) is 51.5 Å². The summed E-state index contributed by atoms with van der Waals surface area (Å²) in [6, 6.07) is 10.7. The van der Waals surface area contributed by atoms with Crippen LogP contribution in [0.4, 0.5) is 5.82 Å². The molecule has 0 saturated heterocycles. The molecule has 0 radical (unpaired) electrons. The molecule has 2 aromatic rings. The zero-order chi connectivity index (χ0) is 12.3. The molecular formula is C13H16BrN3. The van der Waals surface area contributed by atoms with E-state index in [9.17, 15) is 0 Å². The van der Waals surface area contributed by atoms with E-state index in [0.29, 0.717) is 6.04 Å². The molecule has 3 nitrogen and oxygen atoms in total. The second-order valence-electron chi connectivity index (χ2n) is 4.03. The molecule has 1 N–H and O–H groups in total. The SMILES string of the molecule is CCC(Nc1ccn(C)n1)c1cccc(Br)c1. The summed E-state index contributed by atoms with van der Waals surface area (Å²) in [5.41, 5.74) is 1.27. The fourth-order valence-corrected chi connectivity index (χ4v) is 2.23. The molecule has 0 aliphatic heterocycles. The van der Waals surface area contributed by atoms with Crippen LogP contribution in [0.3, 0.4) is 0 Å². The van der Waals surface area contributed by atoms with Gasteiger partial charge in [0.25, 0.3) is 0 Å². The Morgan fingerprint density at radius 2 is 2.24 bits per heavy atom. The largest absolute Gasteiger partial charge is 0.362 e. The molecule has 1 unspecified atom stereocenters. The molecular weight excluding hydrogens is 278 g/mol. The van der Waals surface area contributed by atoms with Gasteiger partial charge < -0.3 is 5.32 Å². The third-order valence-corrected chi connectivity index (χ3v) is 3.19. The first-order valence-corrected chi connectivity index (χ1v) is 6.50. The van der Waals surface area contributed by atoms with Crippen molar-refractivity contribution in [3.8, 4) is 0 Å². The molecule has 1 atom stereocenters. The van der Waals surface area contributed by atoms with Gasteiger partial charge in [0.2, 0.25) is 0 Å². The predicted molar refractivity (Wildman–Crippen MR) is 74.0 cm³/mol. The maximum Gasteiger partial charge on any atom is 0.148 e. The van der Waals surface area contributed by atoms with E-state index in [0.717, 1.165) is 16.7 Å². The molecule has 17 heavy (non-hydrogen) atoms. The number of anilines is 1. The van der Waals surface area contributed by atoms with Gasteiger partial charge in [-0.25, -0.2) is 0 Å². The smallest absolute Gasteiger partial charge is 0.148 e. The number of hydrogen-bond acceptors (Lipinski definition) is 2. The summed E-state index contributed by atoms with van der Waals surface area (Å²) in [5.74, 6) is 0.916. The quantitative estimate of drug-likeness (QED) is 0.930. The Bertz CT molecular complexity index is 493. The molecule has 0 aliphatic carbocycles. The standard InChI is InChI=1S/C13H16BrN3/c1-3-12(10-5-4-6-11(14)9-10)15-13-7-8-17(2)16-13/h4-9,12H,3H2,1-2H3,(H,15,16). The summed E-state index contributed by atoms with van der Waals surface area (Å²) in [6.07, 6.45) is 2.96. The van der Waals surface area contributed by atoms with Crippen LogP contribution in [0.1, 0.15) is 24.9 Å². The zero-order valence-electron chi connectivity index (χ0n) is 10.0. The Morgan fingerprint density at radius 3 is 2.82 bits per heavy atom. The predicted octanol–water partition coefficient (Wildman–Crippen LogP) is 3.75. The van der Waals surface area contributed by atoms with Gasteiger partial charge in [-0.05, 0) is 24.1 Å². The number of nitrogens with zero attached hydrogens (tertiary/aromatic N) is 2. The van der Waals surface area contributed by atoms with E-state index < -0.39 is 0 Å². The van der Waals surface area contributed by atoms with Crippen LogP contribution in [0.2, 0.25) is 0 Å². The van der Waals surface area contributed by atoms with Crippen LogP contribution in [0, 0.1) is 0 Å². The maximum absolute atomic E-state index is 4.34. The number of aromatic nitrogens is 2. The molecule has 1 heterocycles. The van der Waals surface area contributed by atoms with Crippen molar-refractivity contribution in [1.82, 2.24) is 9.78 Å². The van der Waals surface area contributed by atoms with Crippen molar-refractivity contribution in [2.75, 3.05) is 5.32 Å². The van der Waals surface area contributed by atoms with E-state index in [4.69, 9.17) is 0 Å². The number of benzene rings is 1. The molecule has 1 aromatic carbocycles. The van der Waals surface area contributed by atoms with Gasteiger partial charge in [0.05, 0.1) is 6.04 Å². The van der Waals surface area contributed by atoms with Crippen molar-refractivity contribution in [2.24, 2.45) is 7.05 Å². The minimum absolute atomic E-state index is 0.294. The number of halogens is 1. The van der Waals surface area contributed by atoms with Gasteiger partial charge >= 0.3 is 0 Å². The van der Waals surface area contributed by atoms with E-state index in [-0.39, 0.29) is 0 Å². The minimum Gasteiger partial charge on any atom is -0.362 e. The van der Waals surface area contributed by atoms with Crippen molar-refractivity contribution in [3.63, 3.8) is 0 Å². The highest BCUT2D eigenvalue weighted by Crippen LogP contribution is 2.23. The molecule has 0 aliphatic rings. The third kappa shape index (κ3) is 3.09. The average Bonchev–Trinajstić information content (AvgIpc) is 2.72. The van der Waals surface area contributed by atoms with E-state index in [1.165, 1.54) is 5.56 Å². The monoisotopic (exact) mass is 293 g/mol. The average molecular weight is 294 g/mol. The number of hydrogen-bond donors (Lipinski definition) is 1. The van der Waals surface area contributed by atoms with E-state index in [1.807, 2.05) is 25.4 Å². The molecule has 0 spiro atoms. The molecule has 90 valence electrons. The topological polar surface area (TPSA) is 29.9 Å². The van der Waals surface area contributed by atoms with Gasteiger partial charge in [0, 0.05) is 23.8 Å². The molecule has 0 saturated carbocycles. The Hall–Kier alpha value is -1.29. The van der Waals surface area contributed by atoms with Crippen molar-refractivity contribution in [3.05, 3.63) is 46.6 Å². The highest BCUT2D eigenvalue weighted by Gasteiger charge is 2.10. The first kappa shape index (κ1) is 12.2. The normalized spacial score (nSPS) is 12.4. The Labute approximate surface area is 110 Å². The van der Waals surface area contributed by atoms with Crippen LogP contribution < -0.4 is 5.32 Å². The lowest BCUT2D eigenvalue weighted by Crippen LogP contribution is -2.10. The molecule has 1 aromatic heterocycles. The summed E-state index contributed by atoms with van der Waals surface area (Å²) in [4.78, 5) is 0. The molecule has 4 heteroatoms. The Balaban J connectivity index is 2.16. The molecule has 0 fully saturated rings. The summed E-state index contributed by atoms with van der Waals surface area (Å²) in [5, 5.41) is 7.78. The van der Waals surface area contributed by atoms with Crippen molar-refractivity contribution in [1.29, 1.82) is 0 Å². The summed E-state index contributed by atoms with van der Waals surface area (Å²) < 4.78 is 2.91. The van der Waals surface area contributed by atoms with Crippen LogP contribution in [0.15, 0.2) is 41.0 Å². The van der Waals surface area contributed by atoms with Crippen LogP contribution >= 0.6 is 15.9 Å². The van der Waals surface area contributed by atoms with E-state index >= 15 is 0 Å². The van der Waals surface area contributed by atoms with Crippen LogP contribution in [0.5, 0.6) is 0 Å². The fraction of sp³-hybridized carbons (Fsp3) is 0.308. The van der Waals surface area contributed by atoms with Gasteiger partial charge in [-0.1, -0.05) is 35.0 Å². The lowest BCUT2D eigenvalue weighted by atomic mass is 10.0. The summed E-state index contributed by atoms with van der Waals surface area (Å²) >= 11 is 3.50. The highest BCUT2D eigenvalue weighted by molar-refractivity contribution is 9.10. The van der Waals surface area contributed by atoms with Crippen LogP contribution in [-0.4, -0.2) is 9.78 Å². The van der Waals surface area contributed by atoms with Gasteiger partial charge in [0.1, 0.15) is 5.82 Å². The zero-order valence-corrected chi connectivity index (χ0v) is 11.6. The van der Waals surface area contributed by atoms with Crippen LogP contribution in [0.25, 0.3) is 0 Å². The Morgan fingerprint density at radius 1 is 1.41 bits per heavy atom. The second kappa shape index (κ2) is 5.36. The van der Waals surface area contributed by atoms with Crippen molar-refractivity contribution in [2.45, 2.75) is 19.4 Å². The summed E-state index contributed by atoms with van der Waals surface area (Å²) in [7, 11) is 1.92. The van der Waals surface area contributed by atoms with Gasteiger partial charge in [-0.3, -0.25) is 4.68 Å². The highest BCUT2D eigenvalue weighted by atomic mass is 79.9. The summed E-state index contributed by atoms with van der Waals surface area (Å²) in [6.45, 7) is 2.17. The van der Waals surface area contributed by atoms with Crippen molar-refractivity contribution >= 4 is 21.7 Å². The lowest BCUT2D eigenvalue weighted by molar-refractivity contribution is 0.724. The molecule has 0 bridgehead atoms. The fourth-order valence-electron chi connectivity index (χ4n) is 1.82. The Kier molecular flexibility index (Phi) is 3.84. The van der Waals surface area contributed by atoms with Gasteiger partial charge in [-0.15, -0.1) is 0 Å². The van der Waals surface area contributed by atoms with Gasteiger partial charge in [0.15, 0.2) is 0 Å². The first-order valence-electron chi connectivity index (χ1n) is 5.70. The number of nitrogens with one attached hydrogen (secondary N) is 1. The van der Waals surface area contributed by atoms with Gasteiger partial charge in [-0.2, -0.15) is 5.10 Å². The first-order chi connectivity index (χ1) is 8.19.